The summed E-state index contributed by atoms with van der Waals surface area (Å²) in [6.07, 6.45) is 1.96. The Hall–Kier alpha value is -0.160. The van der Waals surface area contributed by atoms with Gasteiger partial charge in [-0.1, -0.05) is 19.9 Å². The van der Waals surface area contributed by atoms with Gasteiger partial charge in [-0.05, 0) is 47.3 Å². The molecule has 0 fully saturated rings. The van der Waals surface area contributed by atoms with Gasteiger partial charge in [0, 0.05) is 12.7 Å². The summed E-state index contributed by atoms with van der Waals surface area (Å²) in [7, 11) is 0. The van der Waals surface area contributed by atoms with Gasteiger partial charge in [-0.3, -0.25) is 9.88 Å². The molecule has 13 heavy (non-hydrogen) atoms. The van der Waals surface area contributed by atoms with Crippen LogP contribution in [0.4, 0.5) is 0 Å². The number of aromatic nitrogens is 1. The molecular formula is C10H15IN2. The van der Waals surface area contributed by atoms with Gasteiger partial charge in [-0.15, -0.1) is 0 Å². The third-order valence-electron chi connectivity index (χ3n) is 2.09. The van der Waals surface area contributed by atoms with Gasteiger partial charge in [0.1, 0.15) is 3.70 Å². The van der Waals surface area contributed by atoms with Crippen molar-refractivity contribution in [2.24, 2.45) is 0 Å². The lowest BCUT2D eigenvalue weighted by atomic mass is 10.2. The van der Waals surface area contributed by atoms with Crippen molar-refractivity contribution in [1.29, 1.82) is 0 Å². The summed E-state index contributed by atoms with van der Waals surface area (Å²) in [6, 6.07) is 4.20. The molecule has 1 heterocycles. The predicted octanol–water partition coefficient (Wildman–Crippen LogP) is 2.53. The summed E-state index contributed by atoms with van der Waals surface area (Å²) >= 11 is 2.22. The highest BCUT2D eigenvalue weighted by Gasteiger charge is 2.00. The second kappa shape index (κ2) is 5.54. The summed E-state index contributed by atoms with van der Waals surface area (Å²) < 4.78 is 1.06. The maximum atomic E-state index is 4.26. The standard InChI is InChI=1S/C10H15IN2/c1-3-13(4-2)8-9-5-6-10(11)12-7-9/h5-7H,3-4,8H2,1-2H3. The lowest BCUT2D eigenvalue weighted by molar-refractivity contribution is 0.295. The van der Waals surface area contributed by atoms with Crippen LogP contribution < -0.4 is 0 Å². The van der Waals surface area contributed by atoms with Crippen LogP contribution in [0, 0.1) is 3.70 Å². The zero-order chi connectivity index (χ0) is 9.68. The Labute approximate surface area is 93.5 Å². The van der Waals surface area contributed by atoms with Crippen LogP contribution >= 0.6 is 22.6 Å². The minimum atomic E-state index is 1.01. The zero-order valence-electron chi connectivity index (χ0n) is 8.13. The molecule has 0 atom stereocenters. The molecule has 0 saturated heterocycles. The summed E-state index contributed by atoms with van der Waals surface area (Å²) in [5.74, 6) is 0. The molecule has 1 rings (SSSR count). The van der Waals surface area contributed by atoms with E-state index >= 15 is 0 Å². The molecule has 1 aromatic heterocycles. The number of rotatable bonds is 4. The monoisotopic (exact) mass is 290 g/mol. The molecular weight excluding hydrogens is 275 g/mol. The van der Waals surface area contributed by atoms with Crippen LogP contribution in [-0.2, 0) is 6.54 Å². The Morgan fingerprint density at radius 3 is 2.46 bits per heavy atom. The number of nitrogens with zero attached hydrogens (tertiary/aromatic N) is 2. The first-order chi connectivity index (χ1) is 6.26. The van der Waals surface area contributed by atoms with Crippen LogP contribution in [0.1, 0.15) is 19.4 Å². The fourth-order valence-corrected chi connectivity index (χ4v) is 1.52. The third-order valence-corrected chi connectivity index (χ3v) is 2.73. The normalized spacial score (nSPS) is 10.8. The van der Waals surface area contributed by atoms with Crippen LogP contribution in [-0.4, -0.2) is 23.0 Å². The van der Waals surface area contributed by atoms with Crippen LogP contribution in [0.15, 0.2) is 18.3 Å². The maximum absolute atomic E-state index is 4.26. The molecule has 2 nitrogen and oxygen atoms in total. The molecule has 0 saturated carbocycles. The number of hydrogen-bond acceptors (Lipinski definition) is 2. The Kier molecular flexibility index (Phi) is 4.66. The van der Waals surface area contributed by atoms with Crippen molar-refractivity contribution >= 4 is 22.6 Å². The predicted molar refractivity (Wildman–Crippen MR) is 63.6 cm³/mol. The van der Waals surface area contributed by atoms with Crippen molar-refractivity contribution in [3.05, 3.63) is 27.6 Å². The molecule has 3 heteroatoms. The molecule has 0 N–H and O–H groups in total. The molecule has 1 aromatic rings. The van der Waals surface area contributed by atoms with Crippen LogP contribution in [0.25, 0.3) is 0 Å². The molecule has 72 valence electrons. The minimum absolute atomic E-state index is 1.01. The van der Waals surface area contributed by atoms with Crippen molar-refractivity contribution in [2.45, 2.75) is 20.4 Å². The van der Waals surface area contributed by atoms with Gasteiger partial charge >= 0.3 is 0 Å². The lowest BCUT2D eigenvalue weighted by Crippen LogP contribution is -2.22. The van der Waals surface area contributed by atoms with Gasteiger partial charge in [-0.2, -0.15) is 0 Å². The second-order valence-corrected chi connectivity index (χ2v) is 4.06. The van der Waals surface area contributed by atoms with Gasteiger partial charge in [0.05, 0.1) is 0 Å². The van der Waals surface area contributed by atoms with Crippen molar-refractivity contribution in [2.75, 3.05) is 13.1 Å². The highest BCUT2D eigenvalue weighted by Crippen LogP contribution is 2.05. The third kappa shape index (κ3) is 3.60. The molecule has 0 radical (unpaired) electrons. The number of pyridine rings is 1. The van der Waals surface area contributed by atoms with Crippen molar-refractivity contribution in [1.82, 2.24) is 9.88 Å². The molecule has 0 aliphatic carbocycles. The van der Waals surface area contributed by atoms with Crippen molar-refractivity contribution < 1.29 is 0 Å². The average molecular weight is 290 g/mol. The van der Waals surface area contributed by atoms with E-state index in [4.69, 9.17) is 0 Å². The Morgan fingerprint density at radius 2 is 2.00 bits per heavy atom. The lowest BCUT2D eigenvalue weighted by Gasteiger charge is -2.17. The molecule has 0 aliphatic heterocycles. The van der Waals surface area contributed by atoms with Gasteiger partial charge in [0.2, 0.25) is 0 Å². The van der Waals surface area contributed by atoms with Crippen LogP contribution in [0.3, 0.4) is 0 Å². The van der Waals surface area contributed by atoms with E-state index in [2.05, 4.69) is 58.5 Å². The first kappa shape index (κ1) is 10.9. The quantitative estimate of drug-likeness (QED) is 0.626. The highest BCUT2D eigenvalue weighted by atomic mass is 127. The van der Waals surface area contributed by atoms with Gasteiger partial charge in [-0.25, -0.2) is 0 Å². The van der Waals surface area contributed by atoms with E-state index in [-0.39, 0.29) is 0 Å². The number of halogens is 1. The molecule has 0 unspecified atom stereocenters. The average Bonchev–Trinajstić information content (AvgIpc) is 2.17. The summed E-state index contributed by atoms with van der Waals surface area (Å²) in [5.41, 5.74) is 1.30. The topological polar surface area (TPSA) is 16.1 Å². The molecule has 0 bridgehead atoms. The second-order valence-electron chi connectivity index (χ2n) is 2.95. The van der Waals surface area contributed by atoms with Gasteiger partial charge in [0.15, 0.2) is 0 Å². The van der Waals surface area contributed by atoms with Crippen molar-refractivity contribution in [3.8, 4) is 0 Å². The SMILES string of the molecule is CCN(CC)Cc1ccc(I)nc1. The first-order valence-corrected chi connectivity index (χ1v) is 5.67. The minimum Gasteiger partial charge on any atom is -0.300 e. The summed E-state index contributed by atoms with van der Waals surface area (Å²) in [4.78, 5) is 6.64. The molecule has 0 aromatic carbocycles. The Morgan fingerprint density at radius 1 is 1.31 bits per heavy atom. The Balaban J connectivity index is 2.58. The summed E-state index contributed by atoms with van der Waals surface area (Å²) in [5, 5.41) is 0. The fourth-order valence-electron chi connectivity index (χ4n) is 1.21. The van der Waals surface area contributed by atoms with Crippen molar-refractivity contribution in [3.63, 3.8) is 0 Å². The Bertz CT molecular complexity index is 242. The molecule has 0 aliphatic rings. The molecule has 0 amide bonds. The molecule has 0 spiro atoms. The zero-order valence-corrected chi connectivity index (χ0v) is 10.3. The fraction of sp³-hybridized carbons (Fsp3) is 0.500. The van der Waals surface area contributed by atoms with E-state index in [1.165, 1.54) is 5.56 Å². The van der Waals surface area contributed by atoms with E-state index in [9.17, 15) is 0 Å². The van der Waals surface area contributed by atoms with E-state index in [0.717, 1.165) is 23.3 Å². The van der Waals surface area contributed by atoms with Crippen LogP contribution in [0.2, 0.25) is 0 Å². The van der Waals surface area contributed by atoms with Crippen LogP contribution in [0.5, 0.6) is 0 Å². The first-order valence-electron chi connectivity index (χ1n) is 4.59. The van der Waals surface area contributed by atoms with E-state index in [1.807, 2.05) is 6.20 Å². The van der Waals surface area contributed by atoms with Gasteiger partial charge in [0.25, 0.3) is 0 Å². The summed E-state index contributed by atoms with van der Waals surface area (Å²) in [6.45, 7) is 7.58. The maximum Gasteiger partial charge on any atom is 0.101 e. The van der Waals surface area contributed by atoms with E-state index in [1.54, 1.807) is 0 Å². The highest BCUT2D eigenvalue weighted by molar-refractivity contribution is 14.1. The smallest absolute Gasteiger partial charge is 0.101 e. The largest absolute Gasteiger partial charge is 0.300 e. The van der Waals surface area contributed by atoms with E-state index < -0.39 is 0 Å². The van der Waals surface area contributed by atoms with E-state index in [0.29, 0.717) is 0 Å². The number of hydrogen-bond donors (Lipinski definition) is 0. The van der Waals surface area contributed by atoms with Gasteiger partial charge < -0.3 is 0 Å².